The number of pyridine rings is 1. The molecule has 198 valence electrons. The Morgan fingerprint density at radius 1 is 1.11 bits per heavy atom. The molecule has 1 N–H and O–H groups in total. The molecule has 8 nitrogen and oxygen atoms in total. The standard InChI is InChI=1S/C26H23ClF3N5O3/c1-14-7-8-17(19-9-10-31-22(34-19)11-15(2)36)12-20(14)35-16(3)32-24(23(27)25(35)37)38-13-18-5-4-6-21(33-18)26(28,29)30/h4-10,12,15,36H,11,13H2,1-3H3. The van der Waals surface area contributed by atoms with Crippen LogP contribution in [0.25, 0.3) is 16.9 Å². The van der Waals surface area contributed by atoms with Gasteiger partial charge in [-0.2, -0.15) is 18.2 Å². The van der Waals surface area contributed by atoms with E-state index in [1.165, 1.54) is 16.7 Å². The molecule has 0 fully saturated rings. The summed E-state index contributed by atoms with van der Waals surface area (Å²) in [6.07, 6.45) is -3.30. The SMILES string of the molecule is Cc1ccc(-c2ccnc(CC(C)O)n2)cc1-n1c(C)nc(OCc2cccc(C(F)(F)F)n2)c(Cl)c1=O. The number of halogens is 4. The van der Waals surface area contributed by atoms with Crippen LogP contribution in [-0.2, 0) is 19.2 Å². The van der Waals surface area contributed by atoms with Crippen molar-refractivity contribution >= 4 is 11.6 Å². The van der Waals surface area contributed by atoms with Crippen molar-refractivity contribution in [3.63, 3.8) is 0 Å². The minimum Gasteiger partial charge on any atom is -0.470 e. The van der Waals surface area contributed by atoms with Gasteiger partial charge in [-0.05, 0) is 50.6 Å². The molecule has 3 aromatic heterocycles. The van der Waals surface area contributed by atoms with Crippen LogP contribution in [0.4, 0.5) is 13.2 Å². The third-order valence-electron chi connectivity index (χ3n) is 5.55. The van der Waals surface area contributed by atoms with E-state index in [0.717, 1.165) is 11.6 Å². The topological polar surface area (TPSA) is 103 Å². The van der Waals surface area contributed by atoms with Crippen molar-refractivity contribution in [3.8, 4) is 22.8 Å². The fourth-order valence-corrected chi connectivity index (χ4v) is 3.94. The Hall–Kier alpha value is -3.83. The van der Waals surface area contributed by atoms with Gasteiger partial charge in [-0.1, -0.05) is 29.8 Å². The molecule has 0 amide bonds. The van der Waals surface area contributed by atoms with E-state index < -0.39 is 23.5 Å². The lowest BCUT2D eigenvalue weighted by molar-refractivity contribution is -0.141. The number of hydrogen-bond donors (Lipinski definition) is 1. The summed E-state index contributed by atoms with van der Waals surface area (Å²) in [6, 6.07) is 10.6. The van der Waals surface area contributed by atoms with Crippen LogP contribution in [-0.4, -0.2) is 35.7 Å². The number of aliphatic hydroxyl groups is 1. The van der Waals surface area contributed by atoms with Gasteiger partial charge < -0.3 is 9.84 Å². The Morgan fingerprint density at radius 2 is 1.87 bits per heavy atom. The molecule has 1 aromatic carbocycles. The van der Waals surface area contributed by atoms with Gasteiger partial charge in [0, 0.05) is 18.2 Å². The summed E-state index contributed by atoms with van der Waals surface area (Å²) < 4.78 is 45.7. The molecule has 0 aliphatic rings. The maximum absolute atomic E-state index is 13.3. The molecule has 3 heterocycles. The largest absolute Gasteiger partial charge is 0.470 e. The summed E-state index contributed by atoms with van der Waals surface area (Å²) in [6.45, 7) is 4.69. The third-order valence-corrected chi connectivity index (χ3v) is 5.87. The zero-order valence-corrected chi connectivity index (χ0v) is 21.4. The number of nitrogens with zero attached hydrogens (tertiary/aromatic N) is 5. The van der Waals surface area contributed by atoms with Gasteiger partial charge in [-0.3, -0.25) is 9.36 Å². The van der Waals surface area contributed by atoms with Crippen LogP contribution in [0.1, 0.15) is 35.5 Å². The minimum absolute atomic E-state index is 0.00267. The van der Waals surface area contributed by atoms with Crippen molar-refractivity contribution in [1.29, 1.82) is 0 Å². The van der Waals surface area contributed by atoms with E-state index in [1.54, 1.807) is 32.2 Å². The van der Waals surface area contributed by atoms with E-state index in [9.17, 15) is 23.1 Å². The zero-order chi connectivity index (χ0) is 27.6. The van der Waals surface area contributed by atoms with Gasteiger partial charge >= 0.3 is 6.18 Å². The first-order valence-electron chi connectivity index (χ1n) is 11.5. The van der Waals surface area contributed by atoms with Gasteiger partial charge in [0.05, 0.1) is 23.2 Å². The number of ether oxygens (including phenoxy) is 1. The predicted molar refractivity (Wildman–Crippen MR) is 134 cm³/mol. The Kier molecular flexibility index (Phi) is 7.79. The second-order valence-electron chi connectivity index (χ2n) is 8.63. The quantitative estimate of drug-likeness (QED) is 0.353. The highest BCUT2D eigenvalue weighted by atomic mass is 35.5. The highest BCUT2D eigenvalue weighted by Gasteiger charge is 2.32. The molecular formula is C26H23ClF3N5O3. The zero-order valence-electron chi connectivity index (χ0n) is 20.6. The molecular weight excluding hydrogens is 523 g/mol. The molecule has 0 aliphatic heterocycles. The summed E-state index contributed by atoms with van der Waals surface area (Å²) in [5.41, 5.74) is 0.930. The molecule has 0 saturated carbocycles. The highest BCUT2D eigenvalue weighted by Crippen LogP contribution is 2.28. The molecule has 0 radical (unpaired) electrons. The van der Waals surface area contributed by atoms with Gasteiger partial charge in [0.15, 0.2) is 5.02 Å². The first-order valence-corrected chi connectivity index (χ1v) is 11.9. The van der Waals surface area contributed by atoms with E-state index in [1.807, 2.05) is 19.1 Å². The van der Waals surface area contributed by atoms with Crippen molar-refractivity contribution in [2.45, 2.75) is 46.1 Å². The van der Waals surface area contributed by atoms with Gasteiger partial charge in [0.1, 0.15) is 23.9 Å². The third kappa shape index (κ3) is 6.00. The molecule has 1 atom stereocenters. The second-order valence-corrected chi connectivity index (χ2v) is 9.01. The lowest BCUT2D eigenvalue weighted by Crippen LogP contribution is -2.24. The molecule has 4 rings (SSSR count). The Labute approximate surface area is 220 Å². The van der Waals surface area contributed by atoms with Crippen LogP contribution < -0.4 is 10.3 Å². The Morgan fingerprint density at radius 3 is 2.58 bits per heavy atom. The number of aryl methyl sites for hydroxylation is 2. The summed E-state index contributed by atoms with van der Waals surface area (Å²) in [7, 11) is 0. The Balaban J connectivity index is 1.66. The molecule has 4 aromatic rings. The average molecular weight is 546 g/mol. The average Bonchev–Trinajstić information content (AvgIpc) is 2.86. The summed E-state index contributed by atoms with van der Waals surface area (Å²) in [5.74, 6) is 0.524. The highest BCUT2D eigenvalue weighted by molar-refractivity contribution is 6.31. The molecule has 38 heavy (non-hydrogen) atoms. The van der Waals surface area contributed by atoms with E-state index in [0.29, 0.717) is 29.2 Å². The number of alkyl halides is 3. The van der Waals surface area contributed by atoms with Crippen molar-refractivity contribution in [3.05, 3.63) is 92.6 Å². The minimum atomic E-state index is -4.60. The number of aromatic nitrogens is 5. The van der Waals surface area contributed by atoms with Crippen molar-refractivity contribution in [2.24, 2.45) is 0 Å². The van der Waals surface area contributed by atoms with Gasteiger partial charge in [-0.15, -0.1) is 0 Å². The lowest BCUT2D eigenvalue weighted by atomic mass is 10.1. The maximum atomic E-state index is 13.3. The first-order chi connectivity index (χ1) is 17.9. The second kappa shape index (κ2) is 10.9. The van der Waals surface area contributed by atoms with Crippen LogP contribution in [0.2, 0.25) is 5.02 Å². The molecule has 12 heteroatoms. The fraction of sp³-hybridized carbons (Fsp3) is 0.269. The number of benzene rings is 1. The van der Waals surface area contributed by atoms with Crippen molar-refractivity contribution in [2.75, 3.05) is 0 Å². The first kappa shape index (κ1) is 27.2. The number of rotatable bonds is 7. The van der Waals surface area contributed by atoms with Crippen molar-refractivity contribution < 1.29 is 23.0 Å². The van der Waals surface area contributed by atoms with Crippen LogP contribution in [0.3, 0.4) is 0 Å². The van der Waals surface area contributed by atoms with Crippen LogP contribution in [0.5, 0.6) is 5.88 Å². The van der Waals surface area contributed by atoms with Gasteiger partial charge in [0.2, 0.25) is 5.88 Å². The molecule has 1 unspecified atom stereocenters. The van der Waals surface area contributed by atoms with E-state index in [2.05, 4.69) is 19.9 Å². The summed E-state index contributed by atoms with van der Waals surface area (Å²) in [5, 5.41) is 9.33. The lowest BCUT2D eigenvalue weighted by Gasteiger charge is -2.16. The molecule has 0 aliphatic carbocycles. The monoisotopic (exact) mass is 545 g/mol. The normalized spacial score (nSPS) is 12.4. The molecule has 0 saturated heterocycles. The van der Waals surface area contributed by atoms with E-state index in [-0.39, 0.29) is 29.0 Å². The van der Waals surface area contributed by atoms with Crippen molar-refractivity contribution in [1.82, 2.24) is 24.5 Å². The van der Waals surface area contributed by atoms with Gasteiger partial charge in [-0.25, -0.2) is 15.0 Å². The fourth-order valence-electron chi connectivity index (χ4n) is 3.75. The van der Waals surface area contributed by atoms with E-state index in [4.69, 9.17) is 16.3 Å². The molecule has 0 bridgehead atoms. The van der Waals surface area contributed by atoms with Crippen LogP contribution in [0, 0.1) is 13.8 Å². The van der Waals surface area contributed by atoms with Gasteiger partial charge in [0.25, 0.3) is 5.56 Å². The predicted octanol–water partition coefficient (Wildman–Crippen LogP) is 4.88. The smallest absolute Gasteiger partial charge is 0.433 e. The van der Waals surface area contributed by atoms with Crippen LogP contribution in [0.15, 0.2) is 53.5 Å². The van der Waals surface area contributed by atoms with Crippen LogP contribution >= 0.6 is 11.6 Å². The number of aliphatic hydroxyl groups excluding tert-OH is 1. The summed E-state index contributed by atoms with van der Waals surface area (Å²) in [4.78, 5) is 29.8. The summed E-state index contributed by atoms with van der Waals surface area (Å²) >= 11 is 6.30. The Bertz CT molecular complexity index is 1540. The number of hydrogen-bond acceptors (Lipinski definition) is 7. The maximum Gasteiger partial charge on any atom is 0.433 e. The molecule has 0 spiro atoms. The van der Waals surface area contributed by atoms with E-state index >= 15 is 0 Å².